The number of carbonyl (C=O) groups is 2. The molecule has 1 aromatic heterocycles. The smallest absolute Gasteiger partial charge is 0.253 e. The maximum absolute atomic E-state index is 12.7. The van der Waals surface area contributed by atoms with Crippen molar-refractivity contribution in [2.75, 3.05) is 45.2 Å². The van der Waals surface area contributed by atoms with Crippen molar-refractivity contribution in [3.8, 4) is 0 Å². The predicted molar refractivity (Wildman–Crippen MR) is 115 cm³/mol. The summed E-state index contributed by atoms with van der Waals surface area (Å²) in [5.41, 5.74) is 2.73. The Morgan fingerprint density at radius 2 is 1.66 bits per heavy atom. The van der Waals surface area contributed by atoms with E-state index < -0.39 is 0 Å². The molecule has 1 saturated heterocycles. The van der Waals surface area contributed by atoms with E-state index in [1.54, 1.807) is 23.6 Å². The molecule has 1 aliphatic heterocycles. The summed E-state index contributed by atoms with van der Waals surface area (Å²) in [7, 11) is 3.93. The van der Waals surface area contributed by atoms with Crippen LogP contribution in [-0.4, -0.2) is 71.9 Å². The van der Waals surface area contributed by atoms with Gasteiger partial charge in [0.05, 0.1) is 0 Å². The van der Waals surface area contributed by atoms with E-state index >= 15 is 0 Å². The van der Waals surface area contributed by atoms with Gasteiger partial charge < -0.3 is 14.7 Å². The Bertz CT molecular complexity index is 877. The Labute approximate surface area is 176 Å². The lowest BCUT2D eigenvalue weighted by Crippen LogP contribution is -2.50. The standard InChI is InChI=1S/C21H27N5O2S/c1-15-13-19(24(3)4)23-21(22-15)29-14-17-5-7-18(8-6-17)20(28)26-11-9-25(10-12-26)16(2)27/h5-8,13H,9-12,14H2,1-4H3. The second-order valence-corrected chi connectivity index (χ2v) is 8.27. The van der Waals surface area contributed by atoms with Crippen LogP contribution in [0.5, 0.6) is 0 Å². The second kappa shape index (κ2) is 9.26. The van der Waals surface area contributed by atoms with E-state index in [0.717, 1.165) is 28.0 Å². The summed E-state index contributed by atoms with van der Waals surface area (Å²) in [5.74, 6) is 1.72. The minimum atomic E-state index is 0.0186. The molecule has 2 aromatic rings. The predicted octanol–water partition coefficient (Wildman–Crippen LogP) is 2.45. The SMILES string of the molecule is CC(=O)N1CCN(C(=O)c2ccc(CSc3nc(C)cc(N(C)C)n3)cc2)CC1. The van der Waals surface area contributed by atoms with Crippen molar-refractivity contribution < 1.29 is 9.59 Å². The van der Waals surface area contributed by atoms with Crippen LogP contribution in [0.1, 0.15) is 28.5 Å². The molecule has 2 amide bonds. The summed E-state index contributed by atoms with van der Waals surface area (Å²) in [4.78, 5) is 38.7. The number of anilines is 1. The fraction of sp³-hybridized carbons (Fsp3) is 0.429. The van der Waals surface area contributed by atoms with Crippen molar-refractivity contribution in [2.45, 2.75) is 24.8 Å². The average molecular weight is 414 g/mol. The van der Waals surface area contributed by atoms with E-state index in [4.69, 9.17) is 0 Å². The first kappa shape index (κ1) is 21.1. The number of thioether (sulfide) groups is 1. The summed E-state index contributed by atoms with van der Waals surface area (Å²) < 4.78 is 0. The van der Waals surface area contributed by atoms with Gasteiger partial charge in [0.25, 0.3) is 5.91 Å². The lowest BCUT2D eigenvalue weighted by molar-refractivity contribution is -0.130. The lowest BCUT2D eigenvalue weighted by atomic mass is 10.1. The van der Waals surface area contributed by atoms with Gasteiger partial charge in [0.1, 0.15) is 5.82 Å². The number of aryl methyl sites for hydroxylation is 1. The van der Waals surface area contributed by atoms with Crippen LogP contribution in [0.15, 0.2) is 35.5 Å². The third-order valence-electron chi connectivity index (χ3n) is 4.86. The van der Waals surface area contributed by atoms with E-state index in [2.05, 4.69) is 9.97 Å². The molecule has 0 unspecified atom stereocenters. The Morgan fingerprint density at radius 1 is 1.03 bits per heavy atom. The molecular formula is C21H27N5O2S. The fourth-order valence-electron chi connectivity index (χ4n) is 3.12. The largest absolute Gasteiger partial charge is 0.363 e. The zero-order chi connectivity index (χ0) is 21.0. The molecule has 1 aliphatic rings. The number of piperazine rings is 1. The molecule has 1 fully saturated rings. The Morgan fingerprint density at radius 3 is 2.24 bits per heavy atom. The van der Waals surface area contributed by atoms with Crippen molar-refractivity contribution in [1.29, 1.82) is 0 Å². The topological polar surface area (TPSA) is 69.6 Å². The van der Waals surface area contributed by atoms with Gasteiger partial charge in [-0.1, -0.05) is 23.9 Å². The quantitative estimate of drug-likeness (QED) is 0.554. The van der Waals surface area contributed by atoms with Gasteiger partial charge in [-0.15, -0.1) is 0 Å². The number of benzene rings is 1. The summed E-state index contributed by atoms with van der Waals surface area (Å²) in [6.45, 7) is 5.89. The van der Waals surface area contributed by atoms with Gasteiger partial charge >= 0.3 is 0 Å². The summed E-state index contributed by atoms with van der Waals surface area (Å²) in [5, 5.41) is 0.747. The van der Waals surface area contributed by atoms with Crippen LogP contribution in [0.2, 0.25) is 0 Å². The van der Waals surface area contributed by atoms with Gasteiger partial charge in [-0.3, -0.25) is 9.59 Å². The Hall–Kier alpha value is -2.61. The highest BCUT2D eigenvalue weighted by molar-refractivity contribution is 7.98. The first-order valence-electron chi connectivity index (χ1n) is 9.63. The summed E-state index contributed by atoms with van der Waals surface area (Å²) in [6.07, 6.45) is 0. The van der Waals surface area contributed by atoms with E-state index in [-0.39, 0.29) is 11.8 Å². The maximum Gasteiger partial charge on any atom is 0.253 e. The Kier molecular flexibility index (Phi) is 6.74. The van der Waals surface area contributed by atoms with Gasteiger partial charge in [0, 0.05) is 70.3 Å². The molecule has 0 N–H and O–H groups in total. The minimum absolute atomic E-state index is 0.0186. The number of rotatable bonds is 5. The average Bonchev–Trinajstić information content (AvgIpc) is 2.71. The van der Waals surface area contributed by atoms with Crippen molar-refractivity contribution >= 4 is 29.4 Å². The number of nitrogens with zero attached hydrogens (tertiary/aromatic N) is 5. The molecule has 0 spiro atoms. The van der Waals surface area contributed by atoms with Crippen molar-refractivity contribution in [3.63, 3.8) is 0 Å². The van der Waals surface area contributed by atoms with Crippen LogP contribution in [0, 0.1) is 6.92 Å². The van der Waals surface area contributed by atoms with Crippen LogP contribution in [0.25, 0.3) is 0 Å². The molecular weight excluding hydrogens is 386 g/mol. The van der Waals surface area contributed by atoms with E-state index in [1.165, 1.54) is 0 Å². The zero-order valence-electron chi connectivity index (χ0n) is 17.4. The van der Waals surface area contributed by atoms with E-state index in [9.17, 15) is 9.59 Å². The number of hydrogen-bond acceptors (Lipinski definition) is 6. The van der Waals surface area contributed by atoms with Crippen LogP contribution >= 0.6 is 11.8 Å². The van der Waals surface area contributed by atoms with Crippen molar-refractivity contribution in [2.24, 2.45) is 0 Å². The molecule has 2 heterocycles. The number of carbonyl (C=O) groups excluding carboxylic acids is 2. The van der Waals surface area contributed by atoms with Crippen LogP contribution in [-0.2, 0) is 10.5 Å². The summed E-state index contributed by atoms with van der Waals surface area (Å²) >= 11 is 1.58. The van der Waals surface area contributed by atoms with Crippen LogP contribution in [0.4, 0.5) is 5.82 Å². The highest BCUT2D eigenvalue weighted by Crippen LogP contribution is 2.22. The maximum atomic E-state index is 12.7. The molecule has 0 radical (unpaired) electrons. The second-order valence-electron chi connectivity index (χ2n) is 7.33. The normalized spacial score (nSPS) is 14.1. The van der Waals surface area contributed by atoms with Crippen LogP contribution < -0.4 is 4.90 Å². The molecule has 0 saturated carbocycles. The van der Waals surface area contributed by atoms with E-state index in [0.29, 0.717) is 31.7 Å². The van der Waals surface area contributed by atoms with Crippen molar-refractivity contribution in [3.05, 3.63) is 47.2 Å². The minimum Gasteiger partial charge on any atom is -0.363 e. The third kappa shape index (κ3) is 5.47. The molecule has 0 bridgehead atoms. The fourth-order valence-corrected chi connectivity index (χ4v) is 3.97. The molecule has 154 valence electrons. The summed E-state index contributed by atoms with van der Waals surface area (Å²) in [6, 6.07) is 9.67. The zero-order valence-corrected chi connectivity index (χ0v) is 18.2. The molecule has 0 aliphatic carbocycles. The Balaban J connectivity index is 1.58. The molecule has 1 aromatic carbocycles. The first-order chi connectivity index (χ1) is 13.8. The number of hydrogen-bond donors (Lipinski definition) is 0. The van der Waals surface area contributed by atoms with Crippen LogP contribution in [0.3, 0.4) is 0 Å². The van der Waals surface area contributed by atoms with E-state index in [1.807, 2.05) is 61.2 Å². The van der Waals surface area contributed by atoms with Gasteiger partial charge in [-0.2, -0.15) is 0 Å². The number of aromatic nitrogens is 2. The highest BCUT2D eigenvalue weighted by atomic mass is 32.2. The highest BCUT2D eigenvalue weighted by Gasteiger charge is 2.23. The molecule has 8 heteroatoms. The van der Waals surface area contributed by atoms with Gasteiger partial charge in [0.15, 0.2) is 5.16 Å². The first-order valence-corrected chi connectivity index (χ1v) is 10.6. The monoisotopic (exact) mass is 413 g/mol. The molecule has 7 nitrogen and oxygen atoms in total. The molecule has 3 rings (SSSR count). The number of amides is 2. The molecule has 0 atom stereocenters. The van der Waals surface area contributed by atoms with Gasteiger partial charge in [-0.25, -0.2) is 9.97 Å². The third-order valence-corrected chi connectivity index (χ3v) is 5.78. The van der Waals surface area contributed by atoms with Gasteiger partial charge in [-0.05, 0) is 24.6 Å². The van der Waals surface area contributed by atoms with Gasteiger partial charge in [0.2, 0.25) is 5.91 Å². The lowest BCUT2D eigenvalue weighted by Gasteiger charge is -2.34. The van der Waals surface area contributed by atoms with Crippen molar-refractivity contribution in [1.82, 2.24) is 19.8 Å². The molecule has 29 heavy (non-hydrogen) atoms.